The first kappa shape index (κ1) is 20.2. The van der Waals surface area contributed by atoms with Gasteiger partial charge in [-0.3, -0.25) is 4.18 Å². The molecule has 0 bridgehead atoms. The lowest BCUT2D eigenvalue weighted by Crippen LogP contribution is -2.41. The first-order chi connectivity index (χ1) is 10.4. The summed E-state index contributed by atoms with van der Waals surface area (Å²) in [5, 5.41) is 0.189. The van der Waals surface area contributed by atoms with Crippen LogP contribution in [0.4, 0.5) is 0 Å². The molecule has 0 aliphatic heterocycles. The molecule has 0 atom stereocenters. The van der Waals surface area contributed by atoms with Gasteiger partial charge in [-0.15, -0.1) is 0 Å². The predicted octanol–water partition coefficient (Wildman–Crippen LogP) is 3.56. The smallest absolute Gasteiger partial charge is 0.264 e. The zero-order valence-electron chi connectivity index (χ0n) is 14.9. The average Bonchev–Trinajstić information content (AvgIpc) is 2.40. The quantitative estimate of drug-likeness (QED) is 0.403. The molecule has 1 rings (SSSR count). The minimum atomic E-state index is -3.42. The van der Waals surface area contributed by atoms with Gasteiger partial charge in [0, 0.05) is 0 Å². The van der Waals surface area contributed by atoms with E-state index in [0.717, 1.165) is 17.6 Å². The summed E-state index contributed by atoms with van der Waals surface area (Å²) in [7, 11) is -5.15. The number of ether oxygens (including phenoxy) is 1. The molecule has 0 unspecified atom stereocenters. The van der Waals surface area contributed by atoms with Gasteiger partial charge in [-0.2, -0.15) is 8.42 Å². The van der Waals surface area contributed by atoms with Crippen molar-refractivity contribution in [3.63, 3.8) is 0 Å². The van der Waals surface area contributed by atoms with Gasteiger partial charge < -0.3 is 9.16 Å². The third-order valence-corrected chi connectivity index (χ3v) is 9.07. The van der Waals surface area contributed by atoms with Crippen LogP contribution in [-0.2, 0) is 25.3 Å². The highest BCUT2D eigenvalue weighted by atomic mass is 32.2. The zero-order chi connectivity index (χ0) is 17.7. The minimum absolute atomic E-state index is 0.0353. The Morgan fingerprint density at radius 1 is 1.04 bits per heavy atom. The van der Waals surface area contributed by atoms with E-state index in [1.165, 1.54) is 0 Å². The Labute approximate surface area is 141 Å². The highest BCUT2D eigenvalue weighted by molar-refractivity contribution is 7.85. The maximum Gasteiger partial charge on any atom is 0.264 e. The summed E-state index contributed by atoms with van der Waals surface area (Å²) in [6, 6.07) is 7.17. The Morgan fingerprint density at radius 3 is 2.09 bits per heavy atom. The first-order valence-corrected chi connectivity index (χ1v) is 12.3. The maximum atomic E-state index is 10.9. The molecular formula is C16H28O5SSi. The molecule has 0 aromatic heterocycles. The lowest BCUT2D eigenvalue weighted by atomic mass is 10.2. The Kier molecular flexibility index (Phi) is 6.82. The summed E-state index contributed by atoms with van der Waals surface area (Å²) in [5.74, 6) is 0.729. The van der Waals surface area contributed by atoms with E-state index >= 15 is 0 Å². The molecule has 0 aliphatic rings. The molecule has 132 valence electrons. The summed E-state index contributed by atoms with van der Waals surface area (Å²) in [6.07, 6.45) is 1.03. The van der Waals surface area contributed by atoms with Crippen LogP contribution in [0.25, 0.3) is 0 Å². The van der Waals surface area contributed by atoms with Crippen LogP contribution in [0, 0.1) is 0 Å². The number of rotatable bonds is 8. The average molecular weight is 361 g/mol. The van der Waals surface area contributed by atoms with Crippen molar-refractivity contribution in [3.8, 4) is 5.75 Å². The van der Waals surface area contributed by atoms with Crippen molar-refractivity contribution in [2.75, 3.05) is 19.5 Å². The summed E-state index contributed by atoms with van der Waals surface area (Å²) in [5.41, 5.74) is 0.778. The molecule has 0 aliphatic carbocycles. The second-order valence-corrected chi connectivity index (χ2v) is 13.5. The predicted molar refractivity (Wildman–Crippen MR) is 94.7 cm³/mol. The summed E-state index contributed by atoms with van der Waals surface area (Å²) >= 11 is 0. The molecule has 0 spiro atoms. The monoisotopic (exact) mass is 360 g/mol. The van der Waals surface area contributed by atoms with Crippen LogP contribution in [0.3, 0.4) is 0 Å². The van der Waals surface area contributed by atoms with Gasteiger partial charge in [0.25, 0.3) is 10.1 Å². The van der Waals surface area contributed by atoms with Gasteiger partial charge in [0.05, 0.1) is 19.5 Å². The van der Waals surface area contributed by atoms with Crippen molar-refractivity contribution < 1.29 is 21.8 Å². The Morgan fingerprint density at radius 2 is 1.61 bits per heavy atom. The van der Waals surface area contributed by atoms with E-state index in [4.69, 9.17) is 13.3 Å². The largest absolute Gasteiger partial charge is 0.491 e. The van der Waals surface area contributed by atoms with E-state index in [9.17, 15) is 8.42 Å². The van der Waals surface area contributed by atoms with Crippen LogP contribution in [0.15, 0.2) is 24.3 Å². The molecule has 7 heteroatoms. The maximum absolute atomic E-state index is 10.9. The molecule has 0 saturated heterocycles. The van der Waals surface area contributed by atoms with E-state index in [-0.39, 0.29) is 11.6 Å². The van der Waals surface area contributed by atoms with Gasteiger partial charge in [-0.1, -0.05) is 32.9 Å². The molecule has 0 radical (unpaired) electrons. The molecular weight excluding hydrogens is 332 g/mol. The van der Waals surface area contributed by atoms with E-state index in [1.807, 2.05) is 0 Å². The fourth-order valence-corrected chi connectivity index (χ4v) is 2.91. The minimum Gasteiger partial charge on any atom is -0.491 e. The van der Waals surface area contributed by atoms with Crippen molar-refractivity contribution in [1.29, 1.82) is 0 Å². The number of hydrogen-bond donors (Lipinski definition) is 0. The van der Waals surface area contributed by atoms with Crippen molar-refractivity contribution in [2.24, 2.45) is 0 Å². The third kappa shape index (κ3) is 7.47. The molecule has 0 saturated carbocycles. The number of benzene rings is 1. The van der Waals surface area contributed by atoms with Crippen LogP contribution in [0.1, 0.15) is 26.3 Å². The molecule has 1 aromatic rings. The topological polar surface area (TPSA) is 61.8 Å². The third-order valence-electron chi connectivity index (χ3n) is 3.98. The van der Waals surface area contributed by atoms with Gasteiger partial charge >= 0.3 is 0 Å². The molecule has 0 fully saturated rings. The number of hydrogen-bond acceptors (Lipinski definition) is 5. The Hall–Kier alpha value is -0.893. The fourth-order valence-electron chi connectivity index (χ4n) is 1.53. The standard InChI is InChI=1S/C16H28O5SSi/c1-16(2,3)23(5,6)21-12-11-19-15-9-7-14(8-10-15)13-20-22(4,17)18/h7-10H,11-13H2,1-6H3. The Balaban J connectivity index is 2.39. The van der Waals surface area contributed by atoms with Crippen LogP contribution in [-0.4, -0.2) is 36.2 Å². The van der Waals surface area contributed by atoms with Crippen LogP contribution in [0.5, 0.6) is 5.75 Å². The van der Waals surface area contributed by atoms with Crippen LogP contribution in [0.2, 0.25) is 18.1 Å². The second-order valence-electron chi connectivity index (χ2n) is 7.07. The lowest BCUT2D eigenvalue weighted by molar-refractivity contribution is 0.203. The first-order valence-electron chi connectivity index (χ1n) is 7.61. The van der Waals surface area contributed by atoms with Gasteiger partial charge in [-0.25, -0.2) is 0 Å². The lowest BCUT2D eigenvalue weighted by Gasteiger charge is -2.36. The molecule has 1 aromatic carbocycles. The van der Waals surface area contributed by atoms with Crippen LogP contribution >= 0.6 is 0 Å². The molecule has 5 nitrogen and oxygen atoms in total. The fraction of sp³-hybridized carbons (Fsp3) is 0.625. The normalized spacial score (nSPS) is 13.1. The van der Waals surface area contributed by atoms with Crippen molar-refractivity contribution in [2.45, 2.75) is 45.5 Å². The summed E-state index contributed by atoms with van der Waals surface area (Å²) < 4.78 is 38.3. The van der Waals surface area contributed by atoms with E-state index in [0.29, 0.717) is 13.2 Å². The van der Waals surface area contributed by atoms with E-state index < -0.39 is 18.4 Å². The molecule has 0 N–H and O–H groups in total. The van der Waals surface area contributed by atoms with Crippen molar-refractivity contribution >= 4 is 18.4 Å². The molecule has 23 heavy (non-hydrogen) atoms. The summed E-state index contributed by atoms with van der Waals surface area (Å²) in [4.78, 5) is 0. The summed E-state index contributed by atoms with van der Waals surface area (Å²) in [6.45, 7) is 12.1. The van der Waals surface area contributed by atoms with E-state index in [2.05, 4.69) is 33.9 Å². The Bertz CT molecular complexity index is 588. The van der Waals surface area contributed by atoms with Gasteiger partial charge in [-0.05, 0) is 35.8 Å². The highest BCUT2D eigenvalue weighted by Gasteiger charge is 2.36. The SMILES string of the molecule is CC(C)(C)[Si](C)(C)OCCOc1ccc(COS(C)(=O)=O)cc1. The van der Waals surface area contributed by atoms with Crippen LogP contribution < -0.4 is 4.74 Å². The van der Waals surface area contributed by atoms with E-state index in [1.54, 1.807) is 24.3 Å². The van der Waals surface area contributed by atoms with Gasteiger partial charge in [0.2, 0.25) is 0 Å². The zero-order valence-corrected chi connectivity index (χ0v) is 16.7. The van der Waals surface area contributed by atoms with Crippen molar-refractivity contribution in [3.05, 3.63) is 29.8 Å². The van der Waals surface area contributed by atoms with Crippen molar-refractivity contribution in [1.82, 2.24) is 0 Å². The van der Waals surface area contributed by atoms with Gasteiger partial charge in [0.15, 0.2) is 8.32 Å². The molecule has 0 amide bonds. The second kappa shape index (κ2) is 7.79. The molecule has 0 heterocycles. The highest BCUT2D eigenvalue weighted by Crippen LogP contribution is 2.36. The van der Waals surface area contributed by atoms with Gasteiger partial charge in [0.1, 0.15) is 12.4 Å².